The van der Waals surface area contributed by atoms with Crippen molar-refractivity contribution in [2.75, 3.05) is 24.2 Å². The fourth-order valence-electron chi connectivity index (χ4n) is 1.61. The van der Waals surface area contributed by atoms with E-state index in [9.17, 15) is 8.42 Å². The Hall–Kier alpha value is -2.00. The van der Waals surface area contributed by atoms with E-state index in [0.29, 0.717) is 24.7 Å². The molecule has 2 rings (SSSR count). The highest BCUT2D eigenvalue weighted by Gasteiger charge is 2.05. The summed E-state index contributed by atoms with van der Waals surface area (Å²) in [6, 6.07) is 3.63. The molecule has 21 heavy (non-hydrogen) atoms. The van der Waals surface area contributed by atoms with Crippen molar-refractivity contribution in [3.63, 3.8) is 0 Å². The highest BCUT2D eigenvalue weighted by molar-refractivity contribution is 7.89. The zero-order valence-corrected chi connectivity index (χ0v) is 12.8. The van der Waals surface area contributed by atoms with Crippen molar-refractivity contribution in [3.8, 4) is 5.82 Å². The van der Waals surface area contributed by atoms with Crippen LogP contribution in [-0.2, 0) is 10.0 Å². The minimum Gasteiger partial charge on any atom is -0.369 e. The first-order valence-electron chi connectivity index (χ1n) is 6.56. The monoisotopic (exact) mass is 310 g/mol. The SMILES string of the molecule is CCS(=O)(=O)NCCNc1cc(-n2ccc(C)n2)ncn1. The van der Waals surface area contributed by atoms with Crippen molar-refractivity contribution in [1.82, 2.24) is 24.5 Å². The van der Waals surface area contributed by atoms with Crippen LogP contribution in [0.5, 0.6) is 0 Å². The third-order valence-electron chi connectivity index (χ3n) is 2.74. The van der Waals surface area contributed by atoms with Crippen LogP contribution < -0.4 is 10.0 Å². The summed E-state index contributed by atoms with van der Waals surface area (Å²) in [5, 5.41) is 7.31. The Morgan fingerprint density at radius 2 is 2.10 bits per heavy atom. The van der Waals surface area contributed by atoms with Crippen molar-refractivity contribution in [3.05, 3.63) is 30.4 Å². The number of aromatic nitrogens is 4. The predicted molar refractivity (Wildman–Crippen MR) is 79.8 cm³/mol. The van der Waals surface area contributed by atoms with E-state index >= 15 is 0 Å². The molecule has 0 aliphatic rings. The number of anilines is 1. The highest BCUT2D eigenvalue weighted by atomic mass is 32.2. The van der Waals surface area contributed by atoms with Gasteiger partial charge in [0.05, 0.1) is 11.4 Å². The molecule has 2 aromatic heterocycles. The smallest absolute Gasteiger partial charge is 0.211 e. The summed E-state index contributed by atoms with van der Waals surface area (Å²) in [7, 11) is -3.16. The minimum atomic E-state index is -3.16. The van der Waals surface area contributed by atoms with Crippen molar-refractivity contribution in [2.24, 2.45) is 0 Å². The molecule has 2 N–H and O–H groups in total. The Morgan fingerprint density at radius 1 is 1.29 bits per heavy atom. The van der Waals surface area contributed by atoms with E-state index in [1.54, 1.807) is 17.7 Å². The van der Waals surface area contributed by atoms with Crippen molar-refractivity contribution in [2.45, 2.75) is 13.8 Å². The molecule has 0 radical (unpaired) electrons. The third kappa shape index (κ3) is 4.50. The zero-order chi connectivity index (χ0) is 15.3. The molecule has 0 fully saturated rings. The molecular weight excluding hydrogens is 292 g/mol. The second-order valence-corrected chi connectivity index (χ2v) is 6.48. The van der Waals surface area contributed by atoms with Crippen molar-refractivity contribution < 1.29 is 8.42 Å². The second-order valence-electron chi connectivity index (χ2n) is 4.39. The zero-order valence-electron chi connectivity index (χ0n) is 11.9. The van der Waals surface area contributed by atoms with E-state index in [1.165, 1.54) is 6.33 Å². The van der Waals surface area contributed by atoms with E-state index in [1.807, 2.05) is 19.2 Å². The summed E-state index contributed by atoms with van der Waals surface area (Å²) in [4.78, 5) is 8.23. The van der Waals surface area contributed by atoms with Crippen LogP contribution in [0, 0.1) is 6.92 Å². The van der Waals surface area contributed by atoms with Gasteiger partial charge in [0.15, 0.2) is 5.82 Å². The lowest BCUT2D eigenvalue weighted by Gasteiger charge is -2.08. The molecule has 114 valence electrons. The standard InChI is InChI=1S/C12H18N6O2S/c1-3-21(19,20)16-6-5-13-11-8-12(15-9-14-11)18-7-4-10(2)17-18/h4,7-9,16H,3,5-6H2,1-2H3,(H,13,14,15). The molecule has 2 aromatic rings. The summed E-state index contributed by atoms with van der Waals surface area (Å²) in [5.41, 5.74) is 0.900. The van der Waals surface area contributed by atoms with Gasteiger partial charge >= 0.3 is 0 Å². The molecule has 8 nitrogen and oxygen atoms in total. The Labute approximate surface area is 123 Å². The Bertz CT molecular complexity index is 697. The van der Waals surface area contributed by atoms with E-state index < -0.39 is 10.0 Å². The molecule has 0 unspecified atom stereocenters. The highest BCUT2D eigenvalue weighted by Crippen LogP contribution is 2.08. The van der Waals surface area contributed by atoms with Crippen LogP contribution in [0.3, 0.4) is 0 Å². The lowest BCUT2D eigenvalue weighted by atomic mass is 10.5. The lowest BCUT2D eigenvalue weighted by molar-refractivity contribution is 0.584. The van der Waals surface area contributed by atoms with Crippen LogP contribution in [0.15, 0.2) is 24.7 Å². The summed E-state index contributed by atoms with van der Waals surface area (Å²) in [5.74, 6) is 1.34. The molecule has 0 aliphatic carbocycles. The third-order valence-corrected chi connectivity index (χ3v) is 4.15. The number of hydrogen-bond acceptors (Lipinski definition) is 6. The number of sulfonamides is 1. The van der Waals surface area contributed by atoms with Gasteiger partial charge in [0, 0.05) is 25.4 Å². The van der Waals surface area contributed by atoms with Gasteiger partial charge < -0.3 is 5.32 Å². The van der Waals surface area contributed by atoms with E-state index in [2.05, 4.69) is 25.1 Å². The van der Waals surface area contributed by atoms with Crippen LogP contribution in [0.2, 0.25) is 0 Å². The maximum atomic E-state index is 11.3. The number of rotatable bonds is 7. The first kappa shape index (κ1) is 15.4. The van der Waals surface area contributed by atoms with Gasteiger partial charge in [-0.2, -0.15) is 5.10 Å². The van der Waals surface area contributed by atoms with Gasteiger partial charge in [-0.3, -0.25) is 0 Å². The summed E-state index contributed by atoms with van der Waals surface area (Å²) in [6.45, 7) is 4.24. The molecule has 0 spiro atoms. The number of nitrogens with one attached hydrogen (secondary N) is 2. The normalized spacial score (nSPS) is 11.5. The molecular formula is C12H18N6O2S. The molecule has 0 saturated heterocycles. The Balaban J connectivity index is 1.93. The van der Waals surface area contributed by atoms with Gasteiger partial charge in [-0.1, -0.05) is 0 Å². The summed E-state index contributed by atoms with van der Waals surface area (Å²) >= 11 is 0. The van der Waals surface area contributed by atoms with Gasteiger partial charge in [0.2, 0.25) is 10.0 Å². The van der Waals surface area contributed by atoms with Crippen LogP contribution in [0.1, 0.15) is 12.6 Å². The maximum absolute atomic E-state index is 11.3. The summed E-state index contributed by atoms with van der Waals surface area (Å²) < 4.78 is 26.7. The fourth-order valence-corrected chi connectivity index (χ4v) is 2.23. The van der Waals surface area contributed by atoms with Gasteiger partial charge in [0.1, 0.15) is 12.1 Å². The van der Waals surface area contributed by atoms with Crippen LogP contribution >= 0.6 is 0 Å². The molecule has 0 bridgehead atoms. The van der Waals surface area contributed by atoms with Crippen LogP contribution in [0.25, 0.3) is 5.82 Å². The van der Waals surface area contributed by atoms with Gasteiger partial charge in [-0.05, 0) is 19.9 Å². The molecule has 0 saturated carbocycles. The quantitative estimate of drug-likeness (QED) is 0.714. The van der Waals surface area contributed by atoms with Crippen LogP contribution in [-0.4, -0.2) is 47.0 Å². The van der Waals surface area contributed by atoms with Gasteiger partial charge in [-0.25, -0.2) is 27.8 Å². The molecule has 0 amide bonds. The average molecular weight is 310 g/mol. The van der Waals surface area contributed by atoms with E-state index in [4.69, 9.17) is 0 Å². The maximum Gasteiger partial charge on any atom is 0.211 e. The number of hydrogen-bond donors (Lipinski definition) is 2. The largest absolute Gasteiger partial charge is 0.369 e. The van der Waals surface area contributed by atoms with Crippen LogP contribution in [0.4, 0.5) is 5.82 Å². The topological polar surface area (TPSA) is 102 Å². The molecule has 0 aromatic carbocycles. The van der Waals surface area contributed by atoms with Crippen molar-refractivity contribution >= 4 is 15.8 Å². The molecule has 9 heteroatoms. The van der Waals surface area contributed by atoms with Gasteiger partial charge in [0.25, 0.3) is 0 Å². The Kier molecular flexibility index (Phi) is 4.86. The van der Waals surface area contributed by atoms with Crippen molar-refractivity contribution in [1.29, 1.82) is 0 Å². The first-order chi connectivity index (χ1) is 10.00. The molecule has 0 aliphatic heterocycles. The van der Waals surface area contributed by atoms with E-state index in [-0.39, 0.29) is 5.75 Å². The second kappa shape index (κ2) is 6.64. The first-order valence-corrected chi connectivity index (χ1v) is 8.21. The number of aryl methyl sites for hydroxylation is 1. The number of nitrogens with zero attached hydrogens (tertiary/aromatic N) is 4. The minimum absolute atomic E-state index is 0.0727. The Morgan fingerprint density at radius 3 is 2.76 bits per heavy atom. The average Bonchev–Trinajstić information content (AvgIpc) is 2.91. The molecule has 0 atom stereocenters. The molecule has 2 heterocycles. The fraction of sp³-hybridized carbons (Fsp3) is 0.417. The van der Waals surface area contributed by atoms with Gasteiger partial charge in [-0.15, -0.1) is 0 Å². The van der Waals surface area contributed by atoms with E-state index in [0.717, 1.165) is 5.69 Å². The lowest BCUT2D eigenvalue weighted by Crippen LogP contribution is -2.30. The summed E-state index contributed by atoms with van der Waals surface area (Å²) in [6.07, 6.45) is 3.25. The predicted octanol–water partition coefficient (Wildman–Crippen LogP) is 0.322.